The summed E-state index contributed by atoms with van der Waals surface area (Å²) in [6.07, 6.45) is -0.370. The van der Waals surface area contributed by atoms with E-state index in [-0.39, 0.29) is 18.9 Å². The monoisotopic (exact) mass is 470 g/mol. The third kappa shape index (κ3) is 5.25. The summed E-state index contributed by atoms with van der Waals surface area (Å²) in [4.78, 5) is 26.9. The van der Waals surface area contributed by atoms with E-state index in [4.69, 9.17) is 10.00 Å². The Morgan fingerprint density at radius 3 is 2.44 bits per heavy atom. The van der Waals surface area contributed by atoms with Crippen LogP contribution in [0.3, 0.4) is 0 Å². The Hall–Kier alpha value is -3.32. The summed E-state index contributed by atoms with van der Waals surface area (Å²) >= 11 is 0. The third-order valence-corrected chi connectivity index (χ3v) is 6.55. The minimum Gasteiger partial charge on any atom is -0.437 e. The molecule has 0 spiro atoms. The van der Waals surface area contributed by atoms with Gasteiger partial charge in [-0.05, 0) is 12.5 Å². The first kappa shape index (κ1) is 23.8. The Morgan fingerprint density at radius 2 is 1.85 bits per heavy atom. The van der Waals surface area contributed by atoms with Gasteiger partial charge >= 0.3 is 6.09 Å². The number of halogens is 2. The van der Waals surface area contributed by atoms with Crippen LogP contribution in [-0.4, -0.2) is 76.7 Å². The van der Waals surface area contributed by atoms with Crippen LogP contribution in [0.2, 0.25) is 0 Å². The molecule has 2 aliphatic heterocycles. The van der Waals surface area contributed by atoms with Crippen LogP contribution in [0.25, 0.3) is 0 Å². The van der Waals surface area contributed by atoms with Gasteiger partial charge in [0.25, 0.3) is 6.43 Å². The van der Waals surface area contributed by atoms with Crippen molar-refractivity contribution in [2.45, 2.75) is 44.4 Å². The van der Waals surface area contributed by atoms with Crippen molar-refractivity contribution in [1.29, 1.82) is 5.26 Å². The second-order valence-corrected chi connectivity index (χ2v) is 8.87. The summed E-state index contributed by atoms with van der Waals surface area (Å²) in [6, 6.07) is 11.6. The number of nitriles is 1. The highest BCUT2D eigenvalue weighted by molar-refractivity contribution is 5.69. The Bertz CT molecular complexity index is 1010. The second-order valence-electron chi connectivity index (χ2n) is 8.87. The van der Waals surface area contributed by atoms with Crippen LogP contribution < -0.4 is 4.90 Å². The number of hydrogen-bond donors (Lipinski definition) is 0. The molecule has 2 aliphatic rings. The van der Waals surface area contributed by atoms with E-state index in [2.05, 4.69) is 14.9 Å². The average Bonchev–Trinajstić information content (AvgIpc) is 2.85. The van der Waals surface area contributed by atoms with Gasteiger partial charge < -0.3 is 14.5 Å². The zero-order chi connectivity index (χ0) is 24.1. The summed E-state index contributed by atoms with van der Waals surface area (Å²) in [5.41, 5.74) is -0.273. The Balaban J connectivity index is 1.34. The minimum absolute atomic E-state index is 0.0939. The first-order chi connectivity index (χ1) is 16.4. The number of likely N-dealkylation sites (tertiary alicyclic amines) is 1. The number of piperidine rings is 1. The van der Waals surface area contributed by atoms with Gasteiger partial charge in [0.15, 0.2) is 5.60 Å². The molecule has 0 bridgehead atoms. The number of carbonyl (C=O) groups is 1. The molecular weight excluding hydrogens is 442 g/mol. The van der Waals surface area contributed by atoms with E-state index in [9.17, 15) is 13.6 Å². The van der Waals surface area contributed by atoms with Crippen LogP contribution in [0, 0.1) is 11.3 Å². The summed E-state index contributed by atoms with van der Waals surface area (Å²) in [5, 5.41) is 8.89. The van der Waals surface area contributed by atoms with Crippen LogP contribution in [0.15, 0.2) is 42.7 Å². The number of carbonyl (C=O) groups excluding carboxylic acids is 1. The maximum Gasteiger partial charge on any atom is 0.410 e. The highest BCUT2D eigenvalue weighted by atomic mass is 19.3. The molecule has 2 aromatic rings. The predicted octanol–water partition coefficient (Wildman–Crippen LogP) is 3.30. The summed E-state index contributed by atoms with van der Waals surface area (Å²) < 4.78 is 33.8. The molecule has 10 heteroatoms. The van der Waals surface area contributed by atoms with Crippen molar-refractivity contribution in [1.82, 2.24) is 19.8 Å². The lowest BCUT2D eigenvalue weighted by Crippen LogP contribution is -2.58. The molecule has 1 aromatic heterocycles. The maximum atomic E-state index is 14.1. The lowest BCUT2D eigenvalue weighted by Gasteiger charge is -2.44. The number of amides is 1. The summed E-state index contributed by atoms with van der Waals surface area (Å²) in [6.45, 7) is 4.59. The van der Waals surface area contributed by atoms with E-state index in [1.807, 2.05) is 48.2 Å². The van der Waals surface area contributed by atoms with Crippen molar-refractivity contribution in [2.75, 3.05) is 37.6 Å². The van der Waals surface area contributed by atoms with E-state index >= 15 is 0 Å². The molecule has 8 nitrogen and oxygen atoms in total. The number of rotatable bonds is 5. The molecule has 1 aromatic carbocycles. The van der Waals surface area contributed by atoms with Crippen molar-refractivity contribution in [3.63, 3.8) is 0 Å². The van der Waals surface area contributed by atoms with E-state index < -0.39 is 18.1 Å². The number of anilines is 1. The van der Waals surface area contributed by atoms with Crippen molar-refractivity contribution in [3.8, 4) is 6.07 Å². The van der Waals surface area contributed by atoms with E-state index in [0.717, 1.165) is 5.56 Å². The average molecular weight is 471 g/mol. The third-order valence-electron chi connectivity index (χ3n) is 6.55. The molecule has 0 radical (unpaired) electrons. The summed E-state index contributed by atoms with van der Waals surface area (Å²) in [7, 11) is 0. The highest BCUT2D eigenvalue weighted by Crippen LogP contribution is 2.34. The second kappa shape index (κ2) is 10.3. The molecule has 1 atom stereocenters. The van der Waals surface area contributed by atoms with E-state index in [0.29, 0.717) is 50.8 Å². The first-order valence-corrected chi connectivity index (χ1v) is 11.4. The Labute approximate surface area is 197 Å². The highest BCUT2D eigenvalue weighted by Gasteiger charge is 2.47. The van der Waals surface area contributed by atoms with E-state index in [1.165, 1.54) is 17.3 Å². The number of alkyl halides is 2. The van der Waals surface area contributed by atoms with Gasteiger partial charge in [-0.25, -0.2) is 23.5 Å². The normalized spacial score (nSPS) is 20.7. The molecule has 180 valence electrons. The molecule has 34 heavy (non-hydrogen) atoms. The van der Waals surface area contributed by atoms with E-state index in [1.54, 1.807) is 0 Å². The van der Waals surface area contributed by atoms with Gasteiger partial charge in [0, 0.05) is 58.2 Å². The number of aromatic nitrogens is 2. The summed E-state index contributed by atoms with van der Waals surface area (Å²) in [5.74, 6) is 0.466. The molecular formula is C24H28F2N6O2. The largest absolute Gasteiger partial charge is 0.437 e. The molecule has 1 amide bonds. The number of nitrogens with zero attached hydrogens (tertiary/aromatic N) is 6. The fourth-order valence-corrected chi connectivity index (χ4v) is 4.48. The van der Waals surface area contributed by atoms with Gasteiger partial charge in [-0.15, -0.1) is 0 Å². The van der Waals surface area contributed by atoms with Gasteiger partial charge in [-0.1, -0.05) is 30.3 Å². The molecule has 0 unspecified atom stereocenters. The van der Waals surface area contributed by atoms with Crippen LogP contribution in [0.4, 0.5) is 19.5 Å². The lowest BCUT2D eigenvalue weighted by atomic mass is 9.91. The molecule has 0 N–H and O–H groups in total. The van der Waals surface area contributed by atoms with Crippen LogP contribution in [-0.2, 0) is 11.3 Å². The first-order valence-electron chi connectivity index (χ1n) is 11.4. The van der Waals surface area contributed by atoms with Crippen molar-refractivity contribution in [3.05, 3.63) is 53.9 Å². The molecule has 0 aliphatic carbocycles. The molecule has 2 saturated heterocycles. The van der Waals surface area contributed by atoms with Gasteiger partial charge in [0.2, 0.25) is 5.95 Å². The quantitative estimate of drug-likeness (QED) is 0.663. The smallest absolute Gasteiger partial charge is 0.410 e. The number of piperazine rings is 1. The fourth-order valence-electron chi connectivity index (χ4n) is 4.48. The molecule has 3 heterocycles. The van der Waals surface area contributed by atoms with Gasteiger partial charge in [-0.2, -0.15) is 5.26 Å². The number of hydrogen-bond acceptors (Lipinski definition) is 7. The van der Waals surface area contributed by atoms with Crippen LogP contribution >= 0.6 is 0 Å². The zero-order valence-corrected chi connectivity index (χ0v) is 19.1. The fraction of sp³-hybridized carbons (Fsp3) is 0.500. The van der Waals surface area contributed by atoms with Crippen molar-refractivity contribution in [2.24, 2.45) is 0 Å². The molecule has 4 rings (SSSR count). The van der Waals surface area contributed by atoms with Gasteiger partial charge in [0.05, 0.1) is 18.0 Å². The minimum atomic E-state index is -2.75. The van der Waals surface area contributed by atoms with Gasteiger partial charge in [0.1, 0.15) is 6.07 Å². The number of ether oxygens (including phenoxy) is 1. The molecule has 2 fully saturated rings. The Morgan fingerprint density at radius 1 is 1.18 bits per heavy atom. The van der Waals surface area contributed by atoms with Crippen molar-refractivity contribution < 1.29 is 18.3 Å². The topological polar surface area (TPSA) is 85.6 Å². The van der Waals surface area contributed by atoms with Crippen LogP contribution in [0.5, 0.6) is 0 Å². The zero-order valence-electron chi connectivity index (χ0n) is 19.1. The standard InChI is InChI=1S/C24H28F2N6O2/c1-18-16-31(22-28-14-20(13-27)15-29-22)11-12-32(18)23(33)34-24(21(25)26)7-9-30(10-8-24)17-19-5-3-2-4-6-19/h2-6,14-15,18,21H,7-12,16-17H2,1H3/t18-/m1/s1. The maximum absolute atomic E-state index is 14.1. The Kier molecular flexibility index (Phi) is 7.22. The lowest BCUT2D eigenvalue weighted by molar-refractivity contribution is -0.138. The molecule has 0 saturated carbocycles. The predicted molar refractivity (Wildman–Crippen MR) is 121 cm³/mol. The van der Waals surface area contributed by atoms with Crippen molar-refractivity contribution >= 4 is 12.0 Å². The van der Waals surface area contributed by atoms with Gasteiger partial charge in [-0.3, -0.25) is 4.90 Å². The SMILES string of the molecule is C[C@@H]1CN(c2ncc(C#N)cn2)CCN1C(=O)OC1(C(F)F)CCN(Cc2ccccc2)CC1. The van der Waals surface area contributed by atoms with Crippen LogP contribution in [0.1, 0.15) is 30.9 Å². The number of benzene rings is 1.